The number of nitrogens with zero attached hydrogens (tertiary/aromatic N) is 1. The van der Waals surface area contributed by atoms with Gasteiger partial charge in [0.2, 0.25) is 0 Å². The molecule has 1 rings (SSSR count). The van der Waals surface area contributed by atoms with E-state index in [9.17, 15) is 0 Å². The van der Waals surface area contributed by atoms with Gasteiger partial charge in [-0.2, -0.15) is 0 Å². The molecular weight excluding hydrogens is 275 g/mol. The molecule has 0 bridgehead atoms. The molecule has 1 aromatic rings. The summed E-state index contributed by atoms with van der Waals surface area (Å²) < 4.78 is 0.828. The van der Waals surface area contributed by atoms with E-state index >= 15 is 0 Å². The monoisotopic (exact) mass is 288 g/mol. The van der Waals surface area contributed by atoms with Gasteiger partial charge in [0.15, 0.2) is 0 Å². The molecule has 0 aliphatic heterocycles. The Bertz CT molecular complexity index is 394. The van der Waals surface area contributed by atoms with Crippen LogP contribution in [0.2, 0.25) is 5.02 Å². The molecule has 4 heteroatoms. The Kier molecular flexibility index (Phi) is 3.79. The van der Waals surface area contributed by atoms with Gasteiger partial charge < -0.3 is 5.73 Å². The number of halogens is 2. The first-order valence-corrected chi connectivity index (χ1v) is 5.77. The van der Waals surface area contributed by atoms with Gasteiger partial charge in [0, 0.05) is 21.9 Å². The van der Waals surface area contributed by atoms with Crippen molar-refractivity contribution in [1.82, 2.24) is 0 Å². The van der Waals surface area contributed by atoms with E-state index in [1.165, 1.54) is 0 Å². The number of nitrogens with two attached hydrogens (primary N) is 1. The van der Waals surface area contributed by atoms with E-state index in [1.54, 1.807) is 12.3 Å². The SMILES string of the molecule is CC(C)(C)N=Cc1c(N)ccc(Br)c1Cl. The summed E-state index contributed by atoms with van der Waals surface area (Å²) in [5.41, 5.74) is 7.10. The van der Waals surface area contributed by atoms with E-state index in [-0.39, 0.29) is 5.54 Å². The number of hydrogen-bond donors (Lipinski definition) is 1. The number of anilines is 1. The van der Waals surface area contributed by atoms with Crippen molar-refractivity contribution in [1.29, 1.82) is 0 Å². The van der Waals surface area contributed by atoms with Gasteiger partial charge >= 0.3 is 0 Å². The molecule has 2 nitrogen and oxygen atoms in total. The third-order valence-electron chi connectivity index (χ3n) is 1.75. The molecule has 0 saturated carbocycles. The van der Waals surface area contributed by atoms with Crippen LogP contribution >= 0.6 is 27.5 Å². The van der Waals surface area contributed by atoms with E-state index in [4.69, 9.17) is 17.3 Å². The van der Waals surface area contributed by atoms with Crippen LogP contribution in [-0.4, -0.2) is 11.8 Å². The molecule has 0 heterocycles. The maximum absolute atomic E-state index is 6.11. The Hall–Kier alpha value is -0.540. The number of nitrogen functional groups attached to an aromatic ring is 1. The standard InChI is InChI=1S/C11H14BrClN2/c1-11(2,3)15-6-7-9(14)5-4-8(12)10(7)13/h4-6H,14H2,1-3H3. The van der Waals surface area contributed by atoms with E-state index < -0.39 is 0 Å². The number of hydrogen-bond acceptors (Lipinski definition) is 2. The quantitative estimate of drug-likeness (QED) is 0.618. The highest BCUT2D eigenvalue weighted by Crippen LogP contribution is 2.29. The minimum Gasteiger partial charge on any atom is -0.398 e. The average Bonchev–Trinajstić information content (AvgIpc) is 2.10. The summed E-state index contributed by atoms with van der Waals surface area (Å²) in [6, 6.07) is 3.63. The lowest BCUT2D eigenvalue weighted by molar-refractivity contribution is 0.587. The fraction of sp³-hybridized carbons (Fsp3) is 0.364. The molecule has 0 amide bonds. The predicted molar refractivity (Wildman–Crippen MR) is 70.9 cm³/mol. The van der Waals surface area contributed by atoms with Gasteiger partial charge in [-0.3, -0.25) is 4.99 Å². The van der Waals surface area contributed by atoms with Gasteiger partial charge in [-0.25, -0.2) is 0 Å². The number of benzene rings is 1. The van der Waals surface area contributed by atoms with Crippen molar-refractivity contribution in [2.24, 2.45) is 4.99 Å². The van der Waals surface area contributed by atoms with E-state index in [0.29, 0.717) is 10.7 Å². The molecule has 0 unspecified atom stereocenters. The van der Waals surface area contributed by atoms with Gasteiger partial charge in [0.1, 0.15) is 0 Å². The molecule has 0 aliphatic rings. The minimum atomic E-state index is -0.127. The van der Waals surface area contributed by atoms with E-state index in [1.807, 2.05) is 26.8 Å². The number of aliphatic imine (C=N–C) groups is 1. The summed E-state index contributed by atoms with van der Waals surface area (Å²) in [6.07, 6.45) is 1.72. The molecule has 0 atom stereocenters. The second kappa shape index (κ2) is 4.54. The molecule has 15 heavy (non-hydrogen) atoms. The molecule has 0 radical (unpaired) electrons. The Labute approximate surface area is 104 Å². The van der Waals surface area contributed by atoms with Crippen molar-refractivity contribution in [2.45, 2.75) is 26.3 Å². The molecule has 0 spiro atoms. The molecule has 0 aliphatic carbocycles. The summed E-state index contributed by atoms with van der Waals surface area (Å²) in [5, 5.41) is 0.600. The molecule has 0 aromatic heterocycles. The van der Waals surface area contributed by atoms with Gasteiger partial charge in [-0.15, -0.1) is 0 Å². The van der Waals surface area contributed by atoms with Crippen LogP contribution in [-0.2, 0) is 0 Å². The number of rotatable bonds is 1. The highest BCUT2D eigenvalue weighted by atomic mass is 79.9. The zero-order valence-electron chi connectivity index (χ0n) is 9.01. The second-order valence-corrected chi connectivity index (χ2v) is 5.53. The highest BCUT2D eigenvalue weighted by molar-refractivity contribution is 9.10. The summed E-state index contributed by atoms with van der Waals surface area (Å²) in [4.78, 5) is 4.38. The largest absolute Gasteiger partial charge is 0.398 e. The smallest absolute Gasteiger partial charge is 0.0656 e. The highest BCUT2D eigenvalue weighted by Gasteiger charge is 2.09. The van der Waals surface area contributed by atoms with Gasteiger partial charge in [-0.05, 0) is 48.8 Å². The van der Waals surface area contributed by atoms with Crippen LogP contribution in [0.3, 0.4) is 0 Å². The first-order valence-electron chi connectivity index (χ1n) is 4.60. The molecule has 0 fully saturated rings. The third kappa shape index (κ3) is 3.50. The van der Waals surface area contributed by atoms with Crippen LogP contribution in [0.15, 0.2) is 21.6 Å². The lowest BCUT2D eigenvalue weighted by Crippen LogP contribution is -2.10. The lowest BCUT2D eigenvalue weighted by Gasteiger charge is -2.12. The fourth-order valence-corrected chi connectivity index (χ4v) is 1.54. The molecule has 1 aromatic carbocycles. The van der Waals surface area contributed by atoms with Crippen LogP contribution in [0.1, 0.15) is 26.3 Å². The molecule has 82 valence electrons. The Morgan fingerprint density at radius 1 is 1.40 bits per heavy atom. The maximum Gasteiger partial charge on any atom is 0.0656 e. The maximum atomic E-state index is 6.11. The zero-order chi connectivity index (χ0) is 11.6. The van der Waals surface area contributed by atoms with Crippen LogP contribution < -0.4 is 5.73 Å². The van der Waals surface area contributed by atoms with E-state index in [2.05, 4.69) is 20.9 Å². The minimum absolute atomic E-state index is 0.127. The van der Waals surface area contributed by atoms with Crippen LogP contribution in [0.25, 0.3) is 0 Å². The molecular formula is C11H14BrClN2. The second-order valence-electron chi connectivity index (χ2n) is 4.29. The van der Waals surface area contributed by atoms with Crippen molar-refractivity contribution in [3.05, 3.63) is 27.2 Å². The Morgan fingerprint density at radius 2 is 2.00 bits per heavy atom. The van der Waals surface area contributed by atoms with Crippen LogP contribution in [0.5, 0.6) is 0 Å². The first kappa shape index (κ1) is 12.5. The average molecular weight is 290 g/mol. The fourth-order valence-electron chi connectivity index (χ4n) is 0.971. The Balaban J connectivity index is 3.15. The summed E-state index contributed by atoms with van der Waals surface area (Å²) in [5.74, 6) is 0. The van der Waals surface area contributed by atoms with Gasteiger partial charge in [-0.1, -0.05) is 11.6 Å². The van der Waals surface area contributed by atoms with Crippen LogP contribution in [0.4, 0.5) is 5.69 Å². The third-order valence-corrected chi connectivity index (χ3v) is 3.04. The van der Waals surface area contributed by atoms with Crippen molar-refractivity contribution in [2.75, 3.05) is 5.73 Å². The Morgan fingerprint density at radius 3 is 2.53 bits per heavy atom. The van der Waals surface area contributed by atoms with Crippen molar-refractivity contribution in [3.63, 3.8) is 0 Å². The first-order chi connectivity index (χ1) is 6.81. The summed E-state index contributed by atoms with van der Waals surface area (Å²) in [7, 11) is 0. The zero-order valence-corrected chi connectivity index (χ0v) is 11.4. The van der Waals surface area contributed by atoms with Gasteiger partial charge in [0.05, 0.1) is 10.6 Å². The molecule has 0 saturated heterocycles. The predicted octanol–water partition coefficient (Wildman–Crippen LogP) is 3.90. The van der Waals surface area contributed by atoms with E-state index in [0.717, 1.165) is 10.0 Å². The summed E-state index contributed by atoms with van der Waals surface area (Å²) in [6.45, 7) is 6.06. The van der Waals surface area contributed by atoms with Crippen LogP contribution in [0, 0.1) is 0 Å². The normalized spacial score (nSPS) is 12.3. The lowest BCUT2D eigenvalue weighted by atomic mass is 10.1. The topological polar surface area (TPSA) is 38.4 Å². The van der Waals surface area contributed by atoms with Crippen molar-refractivity contribution in [3.8, 4) is 0 Å². The summed E-state index contributed by atoms with van der Waals surface area (Å²) >= 11 is 9.46. The van der Waals surface area contributed by atoms with Gasteiger partial charge in [0.25, 0.3) is 0 Å². The van der Waals surface area contributed by atoms with Crippen molar-refractivity contribution < 1.29 is 0 Å². The van der Waals surface area contributed by atoms with Crippen molar-refractivity contribution >= 4 is 39.4 Å². The molecule has 2 N–H and O–H groups in total.